The minimum Gasteiger partial charge on any atom is -0.333 e. The zero-order valence-electron chi connectivity index (χ0n) is 11.0. The zero-order chi connectivity index (χ0) is 15.1. The molecule has 108 valence electrons. The summed E-state index contributed by atoms with van der Waals surface area (Å²) in [5.74, 6) is 0.692. The van der Waals surface area contributed by atoms with Crippen LogP contribution in [-0.4, -0.2) is 24.7 Å². The van der Waals surface area contributed by atoms with Gasteiger partial charge in [0.2, 0.25) is 5.82 Å². The van der Waals surface area contributed by atoms with Crippen LogP contribution in [0, 0.1) is 0 Å². The maximum Gasteiger partial charge on any atom is 0.347 e. The molecule has 0 bridgehead atoms. The van der Waals surface area contributed by atoms with Crippen molar-refractivity contribution in [1.29, 1.82) is 0 Å². The van der Waals surface area contributed by atoms with Crippen molar-refractivity contribution in [1.82, 2.24) is 24.7 Å². The average Bonchev–Trinajstić information content (AvgIpc) is 3.15. The monoisotopic (exact) mass is 313 g/mol. The van der Waals surface area contributed by atoms with E-state index in [0.29, 0.717) is 22.1 Å². The van der Waals surface area contributed by atoms with Crippen LogP contribution in [0.15, 0.2) is 51.9 Å². The molecule has 8 heteroatoms. The van der Waals surface area contributed by atoms with Crippen molar-refractivity contribution in [3.05, 3.63) is 58.1 Å². The van der Waals surface area contributed by atoms with E-state index in [-0.39, 0.29) is 11.6 Å². The number of halogens is 1. The molecule has 7 nitrogen and oxygen atoms in total. The lowest BCUT2D eigenvalue weighted by atomic mass is 10.2. The fraction of sp³-hybridized carbons (Fsp3) is 0. The Balaban J connectivity index is 1.85. The highest BCUT2D eigenvalue weighted by molar-refractivity contribution is 6.30. The van der Waals surface area contributed by atoms with Gasteiger partial charge in [-0.05, 0) is 24.3 Å². The Morgan fingerprint density at radius 1 is 1.23 bits per heavy atom. The third-order valence-corrected chi connectivity index (χ3v) is 3.42. The summed E-state index contributed by atoms with van der Waals surface area (Å²) in [4.78, 5) is 15.9. The number of nitrogens with one attached hydrogen (secondary N) is 1. The van der Waals surface area contributed by atoms with E-state index in [4.69, 9.17) is 16.1 Å². The first-order chi connectivity index (χ1) is 10.7. The van der Waals surface area contributed by atoms with Crippen LogP contribution in [0.5, 0.6) is 0 Å². The van der Waals surface area contributed by atoms with Crippen LogP contribution < -0.4 is 5.69 Å². The minimum absolute atomic E-state index is 0.277. The maximum absolute atomic E-state index is 11.6. The van der Waals surface area contributed by atoms with Crippen LogP contribution in [0.2, 0.25) is 5.02 Å². The number of H-pyrrole nitrogens is 1. The fourth-order valence-electron chi connectivity index (χ4n) is 2.18. The Labute approximate surface area is 128 Å². The van der Waals surface area contributed by atoms with E-state index in [0.717, 1.165) is 5.56 Å². The predicted molar refractivity (Wildman–Crippen MR) is 79.6 cm³/mol. The van der Waals surface area contributed by atoms with E-state index in [1.165, 1.54) is 4.40 Å². The summed E-state index contributed by atoms with van der Waals surface area (Å²) in [6.45, 7) is 0. The Morgan fingerprint density at radius 2 is 2.14 bits per heavy atom. The van der Waals surface area contributed by atoms with Crippen molar-refractivity contribution in [3.63, 3.8) is 0 Å². The number of pyridine rings is 1. The lowest BCUT2D eigenvalue weighted by Crippen LogP contribution is -2.08. The van der Waals surface area contributed by atoms with Gasteiger partial charge < -0.3 is 4.52 Å². The molecular formula is C14H8ClN5O2. The van der Waals surface area contributed by atoms with Gasteiger partial charge in [-0.1, -0.05) is 28.9 Å². The number of rotatable bonds is 2. The molecule has 0 saturated heterocycles. The van der Waals surface area contributed by atoms with E-state index < -0.39 is 0 Å². The first-order valence-electron chi connectivity index (χ1n) is 6.38. The predicted octanol–water partition coefficient (Wildman–Crippen LogP) is 2.39. The zero-order valence-corrected chi connectivity index (χ0v) is 11.8. The number of aromatic nitrogens is 5. The minimum atomic E-state index is -0.327. The van der Waals surface area contributed by atoms with E-state index in [1.54, 1.807) is 30.5 Å². The van der Waals surface area contributed by atoms with Crippen molar-refractivity contribution in [2.45, 2.75) is 0 Å². The van der Waals surface area contributed by atoms with Crippen LogP contribution in [0.25, 0.3) is 28.5 Å². The summed E-state index contributed by atoms with van der Waals surface area (Å²) in [6, 6.07) is 10.6. The lowest BCUT2D eigenvalue weighted by molar-refractivity contribution is 0.432. The quantitative estimate of drug-likeness (QED) is 0.613. The number of benzene rings is 1. The molecule has 0 fully saturated rings. The summed E-state index contributed by atoms with van der Waals surface area (Å²) in [5.41, 5.74) is 1.41. The number of hydrogen-bond acceptors (Lipinski definition) is 5. The van der Waals surface area contributed by atoms with Crippen molar-refractivity contribution < 1.29 is 4.52 Å². The summed E-state index contributed by atoms with van der Waals surface area (Å²) in [7, 11) is 0. The van der Waals surface area contributed by atoms with Crippen molar-refractivity contribution >= 4 is 17.2 Å². The first kappa shape index (κ1) is 12.8. The largest absolute Gasteiger partial charge is 0.347 e. The van der Waals surface area contributed by atoms with E-state index >= 15 is 0 Å². The SMILES string of the molecule is O=c1[nH]nc2c(-c3nc(-c4cccc(Cl)c4)no3)cccn12. The van der Waals surface area contributed by atoms with Gasteiger partial charge in [0.25, 0.3) is 5.89 Å². The van der Waals surface area contributed by atoms with Crippen molar-refractivity contribution in [3.8, 4) is 22.8 Å². The summed E-state index contributed by atoms with van der Waals surface area (Å²) < 4.78 is 6.66. The highest BCUT2D eigenvalue weighted by Gasteiger charge is 2.15. The number of nitrogens with zero attached hydrogens (tertiary/aromatic N) is 4. The molecule has 1 aromatic carbocycles. The standard InChI is InChI=1S/C14H8ClN5O2/c15-9-4-1-3-8(7-9)11-16-13(22-19-11)10-5-2-6-20-12(10)17-18-14(20)21/h1-7H,(H,18,21). The smallest absolute Gasteiger partial charge is 0.333 e. The molecule has 0 aliphatic rings. The van der Waals surface area contributed by atoms with Gasteiger partial charge in [0.1, 0.15) is 0 Å². The van der Waals surface area contributed by atoms with Gasteiger partial charge in [0.15, 0.2) is 5.65 Å². The molecule has 0 radical (unpaired) electrons. The molecule has 0 spiro atoms. The molecular weight excluding hydrogens is 306 g/mol. The average molecular weight is 314 g/mol. The number of fused-ring (bicyclic) bond motifs is 1. The highest BCUT2D eigenvalue weighted by Crippen LogP contribution is 2.25. The Hall–Kier alpha value is -2.93. The summed E-state index contributed by atoms with van der Waals surface area (Å²) in [6.07, 6.45) is 1.61. The second kappa shape index (κ2) is 4.81. The van der Waals surface area contributed by atoms with Crippen LogP contribution in [0.3, 0.4) is 0 Å². The van der Waals surface area contributed by atoms with Crippen LogP contribution in [0.1, 0.15) is 0 Å². The third kappa shape index (κ3) is 1.99. The van der Waals surface area contributed by atoms with Crippen LogP contribution in [-0.2, 0) is 0 Å². The number of hydrogen-bond donors (Lipinski definition) is 1. The maximum atomic E-state index is 11.6. The summed E-state index contributed by atoms with van der Waals surface area (Å²) >= 11 is 5.96. The molecule has 0 amide bonds. The topological polar surface area (TPSA) is 89.1 Å². The van der Waals surface area contributed by atoms with Gasteiger partial charge in [-0.3, -0.25) is 0 Å². The molecule has 0 aliphatic carbocycles. The van der Waals surface area contributed by atoms with Gasteiger partial charge in [-0.15, -0.1) is 0 Å². The van der Waals surface area contributed by atoms with E-state index in [9.17, 15) is 4.79 Å². The number of aromatic amines is 1. The second-order valence-electron chi connectivity index (χ2n) is 4.58. The van der Waals surface area contributed by atoms with Crippen LogP contribution >= 0.6 is 11.6 Å². The Morgan fingerprint density at radius 3 is 3.00 bits per heavy atom. The van der Waals surface area contributed by atoms with Crippen LogP contribution in [0.4, 0.5) is 0 Å². The lowest BCUT2D eigenvalue weighted by Gasteiger charge is -1.96. The Bertz CT molecular complexity index is 1030. The molecule has 22 heavy (non-hydrogen) atoms. The van der Waals surface area contributed by atoms with Gasteiger partial charge in [-0.2, -0.15) is 10.1 Å². The van der Waals surface area contributed by atoms with E-state index in [2.05, 4.69) is 20.3 Å². The molecule has 4 aromatic rings. The highest BCUT2D eigenvalue weighted by atomic mass is 35.5. The fourth-order valence-corrected chi connectivity index (χ4v) is 2.37. The molecule has 0 aliphatic heterocycles. The normalized spacial score (nSPS) is 11.1. The second-order valence-corrected chi connectivity index (χ2v) is 5.01. The first-order valence-corrected chi connectivity index (χ1v) is 6.76. The van der Waals surface area contributed by atoms with Gasteiger partial charge in [0.05, 0.1) is 5.56 Å². The van der Waals surface area contributed by atoms with Crippen molar-refractivity contribution in [2.24, 2.45) is 0 Å². The molecule has 4 rings (SSSR count). The Kier molecular flexibility index (Phi) is 2.80. The molecule has 0 atom stereocenters. The molecule has 3 aromatic heterocycles. The molecule has 0 unspecified atom stereocenters. The van der Waals surface area contributed by atoms with E-state index in [1.807, 2.05) is 12.1 Å². The molecule has 0 saturated carbocycles. The molecule has 3 heterocycles. The van der Waals surface area contributed by atoms with Gasteiger partial charge in [-0.25, -0.2) is 14.3 Å². The summed E-state index contributed by atoms with van der Waals surface area (Å²) in [5, 5.41) is 10.9. The molecule has 1 N–H and O–H groups in total. The van der Waals surface area contributed by atoms with Crippen molar-refractivity contribution in [2.75, 3.05) is 0 Å². The van der Waals surface area contributed by atoms with Gasteiger partial charge >= 0.3 is 5.69 Å². The third-order valence-electron chi connectivity index (χ3n) is 3.18. The van der Waals surface area contributed by atoms with Gasteiger partial charge in [0, 0.05) is 16.8 Å².